The number of hydrogen-bond donors (Lipinski definition) is 2. The Morgan fingerprint density at radius 1 is 1.32 bits per heavy atom. The number of rotatable bonds is 9. The Morgan fingerprint density at radius 2 is 2.16 bits per heavy atom. The molecule has 0 bridgehead atoms. The molecule has 1 aromatic rings. The van der Waals surface area contributed by atoms with E-state index in [1.807, 2.05) is 0 Å². The van der Waals surface area contributed by atoms with Gasteiger partial charge in [-0.3, -0.25) is 9.89 Å². The van der Waals surface area contributed by atoms with Gasteiger partial charge in [0, 0.05) is 38.8 Å². The van der Waals surface area contributed by atoms with Crippen molar-refractivity contribution in [1.29, 1.82) is 0 Å². The summed E-state index contributed by atoms with van der Waals surface area (Å²) in [5.74, 6) is 1.77. The Balaban J connectivity index is 1.35. The van der Waals surface area contributed by atoms with Crippen molar-refractivity contribution in [2.24, 2.45) is 10.9 Å². The van der Waals surface area contributed by atoms with Gasteiger partial charge in [0.25, 0.3) is 0 Å². The van der Waals surface area contributed by atoms with E-state index in [1.165, 1.54) is 31.2 Å². The van der Waals surface area contributed by atoms with Crippen LogP contribution in [0.25, 0.3) is 0 Å². The number of aliphatic imine (C=N–C) groups is 1. The molecule has 25 heavy (non-hydrogen) atoms. The molecule has 6 heteroatoms. The van der Waals surface area contributed by atoms with Crippen molar-refractivity contribution >= 4 is 17.3 Å². The minimum absolute atomic E-state index is 0.518. The number of thiophene rings is 1. The molecule has 0 radical (unpaired) electrons. The number of hydrogen-bond acceptors (Lipinski definition) is 4. The van der Waals surface area contributed by atoms with Gasteiger partial charge in [-0.1, -0.05) is 0 Å². The number of guanidine groups is 1. The van der Waals surface area contributed by atoms with Gasteiger partial charge in [-0.05, 0) is 60.9 Å². The third-order valence-corrected chi connectivity index (χ3v) is 5.55. The lowest BCUT2D eigenvalue weighted by molar-refractivity contribution is 0.131. The van der Waals surface area contributed by atoms with Gasteiger partial charge < -0.3 is 15.4 Å². The third-order valence-electron chi connectivity index (χ3n) is 4.81. The van der Waals surface area contributed by atoms with E-state index in [2.05, 4.69) is 44.3 Å². The van der Waals surface area contributed by atoms with E-state index in [1.54, 1.807) is 11.3 Å². The molecule has 0 unspecified atom stereocenters. The molecular weight excluding hydrogens is 332 g/mol. The van der Waals surface area contributed by atoms with E-state index in [4.69, 9.17) is 4.74 Å². The minimum atomic E-state index is 0.518. The van der Waals surface area contributed by atoms with Crippen molar-refractivity contribution in [3.05, 3.63) is 22.4 Å². The van der Waals surface area contributed by atoms with Crippen LogP contribution in [0.3, 0.4) is 0 Å². The molecule has 0 atom stereocenters. The van der Waals surface area contributed by atoms with E-state index < -0.39 is 0 Å². The van der Waals surface area contributed by atoms with E-state index in [9.17, 15) is 0 Å². The average Bonchev–Trinajstić information content (AvgIpc) is 3.31. The van der Waals surface area contributed by atoms with Crippen LogP contribution < -0.4 is 10.6 Å². The highest BCUT2D eigenvalue weighted by atomic mass is 32.1. The van der Waals surface area contributed by atoms with Crippen LogP contribution in [0.5, 0.6) is 0 Å². The molecule has 5 nitrogen and oxygen atoms in total. The van der Waals surface area contributed by atoms with E-state index in [0.717, 1.165) is 57.8 Å². The summed E-state index contributed by atoms with van der Waals surface area (Å²) >= 11 is 1.79. The molecule has 2 N–H and O–H groups in total. The molecule has 0 spiro atoms. The van der Waals surface area contributed by atoms with Crippen molar-refractivity contribution in [1.82, 2.24) is 15.5 Å². The van der Waals surface area contributed by atoms with E-state index >= 15 is 0 Å². The van der Waals surface area contributed by atoms with Crippen LogP contribution in [-0.4, -0.2) is 56.3 Å². The van der Waals surface area contributed by atoms with Gasteiger partial charge in [-0.15, -0.1) is 0 Å². The van der Waals surface area contributed by atoms with Gasteiger partial charge in [0.15, 0.2) is 5.96 Å². The predicted octanol–water partition coefficient (Wildman–Crippen LogP) is 2.69. The smallest absolute Gasteiger partial charge is 0.191 e. The van der Waals surface area contributed by atoms with Crippen molar-refractivity contribution in [2.75, 3.05) is 39.4 Å². The van der Waals surface area contributed by atoms with Gasteiger partial charge in [0.2, 0.25) is 0 Å². The second kappa shape index (κ2) is 10.1. The Morgan fingerprint density at radius 3 is 2.84 bits per heavy atom. The maximum absolute atomic E-state index is 5.67. The molecule has 3 rings (SSSR count). The first-order valence-electron chi connectivity index (χ1n) is 9.69. The molecule has 1 aromatic heterocycles. The second-order valence-electron chi connectivity index (χ2n) is 7.11. The van der Waals surface area contributed by atoms with Crippen LogP contribution in [0, 0.1) is 5.92 Å². The van der Waals surface area contributed by atoms with Gasteiger partial charge in [-0.2, -0.15) is 11.3 Å². The first kappa shape index (κ1) is 18.7. The number of likely N-dealkylation sites (tertiary alicyclic amines) is 1. The third kappa shape index (κ3) is 6.96. The SMILES string of the molecule is CCNC(=NCCOCC1CC1)NC1CCN(Cc2ccsc2)CC1. The average molecular weight is 365 g/mol. The number of nitrogens with zero attached hydrogens (tertiary/aromatic N) is 2. The summed E-state index contributed by atoms with van der Waals surface area (Å²) < 4.78 is 5.67. The van der Waals surface area contributed by atoms with E-state index in [0.29, 0.717) is 6.04 Å². The van der Waals surface area contributed by atoms with Crippen LogP contribution in [0.1, 0.15) is 38.2 Å². The first-order valence-corrected chi connectivity index (χ1v) is 10.6. The maximum Gasteiger partial charge on any atom is 0.191 e. The fraction of sp³-hybridized carbons (Fsp3) is 0.737. The minimum Gasteiger partial charge on any atom is -0.379 e. The zero-order valence-corrected chi connectivity index (χ0v) is 16.2. The highest BCUT2D eigenvalue weighted by molar-refractivity contribution is 7.07. The molecule has 140 valence electrons. The zero-order chi connectivity index (χ0) is 17.3. The molecule has 0 aromatic carbocycles. The van der Waals surface area contributed by atoms with Crippen LogP contribution >= 0.6 is 11.3 Å². The molecule has 1 aliphatic heterocycles. The number of piperidine rings is 1. The molecule has 1 aliphatic carbocycles. The summed E-state index contributed by atoms with van der Waals surface area (Å²) in [6.07, 6.45) is 5.04. The summed E-state index contributed by atoms with van der Waals surface area (Å²) in [6, 6.07) is 2.75. The number of nitrogens with one attached hydrogen (secondary N) is 2. The summed E-state index contributed by atoms with van der Waals surface area (Å²) in [7, 11) is 0. The zero-order valence-electron chi connectivity index (χ0n) is 15.4. The Labute approximate surface area is 155 Å². The van der Waals surface area contributed by atoms with Crippen molar-refractivity contribution in [3.63, 3.8) is 0 Å². The van der Waals surface area contributed by atoms with Gasteiger partial charge >= 0.3 is 0 Å². The van der Waals surface area contributed by atoms with Crippen molar-refractivity contribution in [2.45, 2.75) is 45.2 Å². The van der Waals surface area contributed by atoms with Crippen molar-refractivity contribution < 1.29 is 4.74 Å². The lowest BCUT2D eigenvalue weighted by Gasteiger charge is -2.33. The van der Waals surface area contributed by atoms with Gasteiger partial charge in [-0.25, -0.2) is 0 Å². The Kier molecular flexibility index (Phi) is 7.57. The van der Waals surface area contributed by atoms with E-state index in [-0.39, 0.29) is 0 Å². The fourth-order valence-corrected chi connectivity index (χ4v) is 3.81. The molecule has 2 heterocycles. The largest absolute Gasteiger partial charge is 0.379 e. The van der Waals surface area contributed by atoms with Gasteiger partial charge in [0.1, 0.15) is 0 Å². The summed E-state index contributed by atoms with van der Waals surface area (Å²) in [5, 5.41) is 11.4. The molecule has 2 fully saturated rings. The Hall–Kier alpha value is -1.11. The highest BCUT2D eigenvalue weighted by Gasteiger charge is 2.21. The maximum atomic E-state index is 5.67. The molecular formula is C19H32N4OS. The van der Waals surface area contributed by atoms with Crippen molar-refractivity contribution in [3.8, 4) is 0 Å². The standard InChI is InChI=1S/C19H32N4OS/c1-2-20-19(21-8-11-24-14-16-3-4-16)22-18-5-9-23(10-6-18)13-17-7-12-25-15-17/h7,12,15-16,18H,2-6,8-11,13-14H2,1H3,(H2,20,21,22). The summed E-state index contributed by atoms with van der Waals surface area (Å²) in [6.45, 7) is 8.78. The molecule has 1 saturated carbocycles. The highest BCUT2D eigenvalue weighted by Crippen LogP contribution is 2.28. The lowest BCUT2D eigenvalue weighted by Crippen LogP contribution is -2.48. The lowest BCUT2D eigenvalue weighted by atomic mass is 10.0. The normalized spacial score (nSPS) is 20.0. The summed E-state index contributed by atoms with van der Waals surface area (Å²) in [4.78, 5) is 7.21. The second-order valence-corrected chi connectivity index (χ2v) is 7.89. The monoisotopic (exact) mass is 364 g/mol. The molecule has 0 amide bonds. The summed E-state index contributed by atoms with van der Waals surface area (Å²) in [5.41, 5.74) is 1.44. The fourth-order valence-electron chi connectivity index (χ4n) is 3.15. The molecule has 2 aliphatic rings. The molecule has 1 saturated heterocycles. The van der Waals surface area contributed by atoms with Crippen LogP contribution in [0.2, 0.25) is 0 Å². The van der Waals surface area contributed by atoms with Crippen LogP contribution in [-0.2, 0) is 11.3 Å². The first-order chi connectivity index (χ1) is 12.3. The van der Waals surface area contributed by atoms with Crippen LogP contribution in [0.15, 0.2) is 21.8 Å². The quantitative estimate of drug-likeness (QED) is 0.402. The number of ether oxygens (including phenoxy) is 1. The van der Waals surface area contributed by atoms with Gasteiger partial charge in [0.05, 0.1) is 13.2 Å². The predicted molar refractivity (Wildman–Crippen MR) is 105 cm³/mol. The topological polar surface area (TPSA) is 48.9 Å². The van der Waals surface area contributed by atoms with Crippen LogP contribution in [0.4, 0.5) is 0 Å². The Bertz CT molecular complexity index is 508.